The van der Waals surface area contributed by atoms with E-state index in [4.69, 9.17) is 0 Å². The number of nitrogens with zero attached hydrogens (tertiary/aromatic N) is 1. The number of nitrogens with one attached hydrogen (secondary N) is 1. The summed E-state index contributed by atoms with van der Waals surface area (Å²) in [6, 6.07) is 0. The molecular weight excluding hydrogens is 296 g/mol. The molecule has 0 aromatic rings. The Bertz CT molecular complexity index is 710. The Kier molecular flexibility index (Phi) is 3.34. The van der Waals surface area contributed by atoms with Crippen molar-refractivity contribution in [2.75, 3.05) is 19.6 Å². The summed E-state index contributed by atoms with van der Waals surface area (Å²) in [4.78, 5) is 15.5. The predicted molar refractivity (Wildman–Crippen MR) is 95.5 cm³/mol. The van der Waals surface area contributed by atoms with Gasteiger partial charge in [0.25, 0.3) is 5.91 Å². The molecule has 2 saturated carbocycles. The van der Waals surface area contributed by atoms with Crippen LogP contribution < -0.4 is 5.32 Å². The summed E-state index contributed by atoms with van der Waals surface area (Å²) in [5.41, 5.74) is 6.48. The second kappa shape index (κ2) is 5.45. The van der Waals surface area contributed by atoms with E-state index in [1.54, 1.807) is 0 Å². The number of hydrogen-bond donors (Lipinski definition) is 1. The number of allylic oxidation sites excluding steroid dienone is 6. The van der Waals surface area contributed by atoms with Gasteiger partial charge in [-0.05, 0) is 79.6 Å². The monoisotopic (exact) mass is 322 g/mol. The fraction of sp³-hybridized carbons (Fsp3) is 0.571. The van der Waals surface area contributed by atoms with Crippen molar-refractivity contribution >= 4 is 5.91 Å². The maximum atomic E-state index is 12.8. The molecule has 1 saturated heterocycles. The van der Waals surface area contributed by atoms with Crippen LogP contribution in [0.15, 0.2) is 46.1 Å². The van der Waals surface area contributed by atoms with E-state index in [9.17, 15) is 4.79 Å². The summed E-state index contributed by atoms with van der Waals surface area (Å²) in [7, 11) is 0. The molecule has 1 aliphatic heterocycles. The standard InChI is InChI=1S/C21H26N2O/c24-20(17-7-6-16-18-12-15(18)13-19(16)17)22-14-21(8-2-3-9-21)23-10-4-1-5-11-23/h6-7,13H,1-5,8-12,14H2,(H,22,24). The molecule has 0 spiro atoms. The third-order valence-electron chi connectivity index (χ3n) is 6.65. The van der Waals surface area contributed by atoms with Gasteiger partial charge in [0, 0.05) is 17.7 Å². The van der Waals surface area contributed by atoms with E-state index in [2.05, 4.69) is 22.4 Å². The van der Waals surface area contributed by atoms with Gasteiger partial charge in [-0.25, -0.2) is 0 Å². The summed E-state index contributed by atoms with van der Waals surface area (Å²) < 4.78 is 0. The number of amides is 1. The van der Waals surface area contributed by atoms with Crippen LogP contribution in [0.25, 0.3) is 0 Å². The molecule has 24 heavy (non-hydrogen) atoms. The van der Waals surface area contributed by atoms with Crippen molar-refractivity contribution in [3.63, 3.8) is 0 Å². The lowest BCUT2D eigenvalue weighted by Gasteiger charge is -2.43. The minimum atomic E-state index is 0.123. The number of rotatable bonds is 4. The summed E-state index contributed by atoms with van der Waals surface area (Å²) in [5.74, 6) is 0.123. The Morgan fingerprint density at radius 2 is 1.83 bits per heavy atom. The summed E-state index contributed by atoms with van der Waals surface area (Å²) in [6.45, 7) is 3.25. The highest BCUT2D eigenvalue weighted by atomic mass is 16.1. The van der Waals surface area contributed by atoms with Crippen LogP contribution in [-0.2, 0) is 4.79 Å². The molecule has 0 aromatic carbocycles. The van der Waals surface area contributed by atoms with Gasteiger partial charge in [0.05, 0.1) is 0 Å². The maximum Gasteiger partial charge on any atom is 0.251 e. The highest BCUT2D eigenvalue weighted by Gasteiger charge is 2.41. The Balaban J connectivity index is 1.30. The third kappa shape index (κ3) is 2.25. The van der Waals surface area contributed by atoms with Crippen LogP contribution in [0.5, 0.6) is 0 Å². The molecule has 5 rings (SSSR count). The van der Waals surface area contributed by atoms with E-state index in [0.717, 1.165) is 18.5 Å². The van der Waals surface area contributed by atoms with Crippen LogP contribution in [0.2, 0.25) is 0 Å². The number of fused-ring (bicyclic) bond motifs is 2. The average molecular weight is 322 g/mol. The predicted octanol–water partition coefficient (Wildman–Crippen LogP) is 3.41. The molecule has 126 valence electrons. The van der Waals surface area contributed by atoms with Gasteiger partial charge < -0.3 is 5.32 Å². The summed E-state index contributed by atoms with van der Waals surface area (Å²) in [5, 5.41) is 3.31. The highest BCUT2D eigenvalue weighted by Crippen LogP contribution is 2.51. The van der Waals surface area contributed by atoms with Crippen LogP contribution in [0, 0.1) is 0 Å². The zero-order chi connectivity index (χ0) is 16.1. The fourth-order valence-electron chi connectivity index (χ4n) is 5.18. The van der Waals surface area contributed by atoms with Gasteiger partial charge in [-0.1, -0.05) is 25.3 Å². The Labute approximate surface area is 144 Å². The molecule has 3 nitrogen and oxygen atoms in total. The molecule has 3 heteroatoms. The normalized spacial score (nSPS) is 27.4. The van der Waals surface area contributed by atoms with Gasteiger partial charge in [0.2, 0.25) is 0 Å². The minimum absolute atomic E-state index is 0.123. The van der Waals surface area contributed by atoms with Crippen molar-refractivity contribution in [3.05, 3.63) is 46.1 Å². The number of carbonyl (C=O) groups is 1. The van der Waals surface area contributed by atoms with Crippen LogP contribution in [0.3, 0.4) is 0 Å². The molecule has 0 bridgehead atoms. The van der Waals surface area contributed by atoms with Crippen molar-refractivity contribution in [3.8, 4) is 0 Å². The van der Waals surface area contributed by atoms with Crippen LogP contribution >= 0.6 is 0 Å². The smallest absolute Gasteiger partial charge is 0.251 e. The van der Waals surface area contributed by atoms with Crippen molar-refractivity contribution in [2.45, 2.75) is 56.9 Å². The molecule has 3 fully saturated rings. The first kappa shape index (κ1) is 14.7. The van der Waals surface area contributed by atoms with E-state index < -0.39 is 0 Å². The van der Waals surface area contributed by atoms with Gasteiger partial charge >= 0.3 is 0 Å². The highest BCUT2D eigenvalue weighted by molar-refractivity contribution is 6.01. The summed E-state index contributed by atoms with van der Waals surface area (Å²) in [6.07, 6.45) is 16.6. The van der Waals surface area contributed by atoms with Gasteiger partial charge in [-0.3, -0.25) is 9.69 Å². The van der Waals surface area contributed by atoms with Crippen molar-refractivity contribution in [2.24, 2.45) is 0 Å². The van der Waals surface area contributed by atoms with E-state index in [1.165, 1.54) is 80.3 Å². The van der Waals surface area contributed by atoms with Crippen molar-refractivity contribution in [1.82, 2.24) is 10.2 Å². The Morgan fingerprint density at radius 3 is 2.62 bits per heavy atom. The molecule has 1 amide bonds. The zero-order valence-electron chi connectivity index (χ0n) is 14.4. The SMILES string of the molecule is O=C(NCC1(N2CCCCC2)CCCC1)C1=C2C=C3CC3=C2C=C1. The number of carbonyl (C=O) groups excluding carboxylic acids is 1. The van der Waals surface area contributed by atoms with Crippen molar-refractivity contribution in [1.29, 1.82) is 0 Å². The second-order valence-electron chi connectivity index (χ2n) is 8.06. The van der Waals surface area contributed by atoms with E-state index in [0.29, 0.717) is 0 Å². The third-order valence-corrected chi connectivity index (χ3v) is 6.65. The first-order valence-corrected chi connectivity index (χ1v) is 9.67. The van der Waals surface area contributed by atoms with Crippen molar-refractivity contribution < 1.29 is 4.79 Å². The number of piperidine rings is 1. The average Bonchev–Trinajstić information content (AvgIpc) is 2.99. The van der Waals surface area contributed by atoms with Crippen LogP contribution in [0.4, 0.5) is 0 Å². The number of likely N-dealkylation sites (tertiary alicyclic amines) is 1. The van der Waals surface area contributed by atoms with Gasteiger partial charge in [-0.2, -0.15) is 0 Å². The molecule has 0 radical (unpaired) electrons. The first-order chi connectivity index (χ1) is 11.8. The van der Waals surface area contributed by atoms with Gasteiger partial charge in [0.15, 0.2) is 0 Å². The van der Waals surface area contributed by atoms with Gasteiger partial charge in [0.1, 0.15) is 0 Å². The van der Waals surface area contributed by atoms with E-state index in [1.807, 2.05) is 6.08 Å². The first-order valence-electron chi connectivity index (χ1n) is 9.67. The van der Waals surface area contributed by atoms with E-state index in [-0.39, 0.29) is 11.4 Å². The lowest BCUT2D eigenvalue weighted by atomic mass is 9.92. The minimum Gasteiger partial charge on any atom is -0.350 e. The zero-order valence-corrected chi connectivity index (χ0v) is 14.4. The molecular formula is C21H26N2O. The topological polar surface area (TPSA) is 32.3 Å². The maximum absolute atomic E-state index is 12.8. The van der Waals surface area contributed by atoms with E-state index >= 15 is 0 Å². The number of hydrogen-bond acceptors (Lipinski definition) is 2. The molecule has 0 aromatic heterocycles. The lowest BCUT2D eigenvalue weighted by molar-refractivity contribution is -0.118. The molecule has 1 N–H and O–H groups in total. The Morgan fingerprint density at radius 1 is 1.04 bits per heavy atom. The molecule has 1 heterocycles. The molecule has 0 atom stereocenters. The molecule has 5 aliphatic rings. The fourth-order valence-corrected chi connectivity index (χ4v) is 5.18. The summed E-state index contributed by atoms with van der Waals surface area (Å²) >= 11 is 0. The quantitative estimate of drug-likeness (QED) is 0.860. The molecule has 4 aliphatic carbocycles. The van der Waals surface area contributed by atoms with Crippen LogP contribution in [0.1, 0.15) is 51.4 Å². The van der Waals surface area contributed by atoms with Gasteiger partial charge in [-0.15, -0.1) is 0 Å². The van der Waals surface area contributed by atoms with Crippen LogP contribution in [-0.4, -0.2) is 36.0 Å². The second-order valence-corrected chi connectivity index (χ2v) is 8.06. The largest absolute Gasteiger partial charge is 0.350 e. The Hall–Kier alpha value is -1.61. The lowest BCUT2D eigenvalue weighted by Crippen LogP contribution is -2.55. The molecule has 0 unspecified atom stereocenters.